The zero-order chi connectivity index (χ0) is 24.7. The minimum Gasteiger partial charge on any atom is -0.395 e. The molecule has 0 radical (unpaired) electrons. The van der Waals surface area contributed by atoms with Gasteiger partial charge in [0.1, 0.15) is 6.54 Å². The second kappa shape index (κ2) is 11.2. The monoisotopic (exact) mass is 482 g/mol. The van der Waals surface area contributed by atoms with Gasteiger partial charge >= 0.3 is 0 Å². The molecule has 2 aromatic heterocycles. The standard InChI is InChI=1S/C25H30N4O4S/c1-19(2)21-9-12-24(27-16-21)34(32,33)29(23-10-7-20(3)8-11-23)18-25(31)28(14-15-30)17-22-6-4-5-13-26-22/h4-13,16,19,30H,14-15,17-18H2,1-3H3. The summed E-state index contributed by atoms with van der Waals surface area (Å²) in [6, 6.07) is 15.5. The average Bonchev–Trinajstić information content (AvgIpc) is 2.83. The average molecular weight is 483 g/mol. The van der Waals surface area contributed by atoms with Crippen LogP contribution in [0.1, 0.15) is 36.6 Å². The number of benzene rings is 1. The zero-order valence-corrected chi connectivity index (χ0v) is 20.4. The number of pyridine rings is 2. The van der Waals surface area contributed by atoms with E-state index in [1.807, 2.05) is 20.8 Å². The highest BCUT2D eigenvalue weighted by Crippen LogP contribution is 2.24. The van der Waals surface area contributed by atoms with Crippen LogP contribution in [0.4, 0.5) is 5.69 Å². The van der Waals surface area contributed by atoms with Gasteiger partial charge in [-0.25, -0.2) is 4.98 Å². The van der Waals surface area contributed by atoms with E-state index in [2.05, 4.69) is 9.97 Å². The van der Waals surface area contributed by atoms with Crippen molar-refractivity contribution in [3.63, 3.8) is 0 Å². The number of aliphatic hydroxyl groups excluding tert-OH is 1. The third kappa shape index (κ3) is 6.18. The fourth-order valence-corrected chi connectivity index (χ4v) is 4.68. The summed E-state index contributed by atoms with van der Waals surface area (Å²) in [6.07, 6.45) is 3.17. The van der Waals surface area contributed by atoms with Gasteiger partial charge in [-0.3, -0.25) is 14.1 Å². The van der Waals surface area contributed by atoms with Gasteiger partial charge in [0.05, 0.1) is 24.5 Å². The van der Waals surface area contributed by atoms with E-state index in [-0.39, 0.29) is 30.6 Å². The first-order chi connectivity index (χ1) is 16.2. The normalized spacial score (nSPS) is 11.4. The molecule has 0 bridgehead atoms. The van der Waals surface area contributed by atoms with Crippen LogP contribution in [0.15, 0.2) is 72.0 Å². The van der Waals surface area contributed by atoms with Gasteiger partial charge in [-0.2, -0.15) is 8.42 Å². The van der Waals surface area contributed by atoms with Crippen molar-refractivity contribution in [2.24, 2.45) is 0 Å². The lowest BCUT2D eigenvalue weighted by molar-refractivity contribution is -0.130. The summed E-state index contributed by atoms with van der Waals surface area (Å²) < 4.78 is 28.3. The van der Waals surface area contributed by atoms with E-state index >= 15 is 0 Å². The van der Waals surface area contributed by atoms with Crippen LogP contribution < -0.4 is 4.31 Å². The zero-order valence-electron chi connectivity index (χ0n) is 19.6. The summed E-state index contributed by atoms with van der Waals surface area (Å²) in [4.78, 5) is 23.1. The second-order valence-electron chi connectivity index (χ2n) is 8.29. The van der Waals surface area contributed by atoms with Crippen LogP contribution >= 0.6 is 0 Å². The Kier molecular flexibility index (Phi) is 8.36. The van der Waals surface area contributed by atoms with E-state index in [0.29, 0.717) is 11.4 Å². The number of aryl methyl sites for hydroxylation is 1. The molecule has 180 valence electrons. The van der Waals surface area contributed by atoms with Gasteiger partial charge in [-0.1, -0.05) is 43.7 Å². The summed E-state index contributed by atoms with van der Waals surface area (Å²) in [5, 5.41) is 9.36. The maximum absolute atomic E-state index is 13.6. The summed E-state index contributed by atoms with van der Waals surface area (Å²) in [5.41, 5.74) is 2.88. The molecule has 0 aliphatic heterocycles. The van der Waals surface area contributed by atoms with Crippen molar-refractivity contribution < 1.29 is 18.3 Å². The van der Waals surface area contributed by atoms with Crippen LogP contribution in [0, 0.1) is 6.92 Å². The Labute approximate surface area is 201 Å². The maximum atomic E-state index is 13.6. The van der Waals surface area contributed by atoms with E-state index < -0.39 is 22.5 Å². The topological polar surface area (TPSA) is 104 Å². The summed E-state index contributed by atoms with van der Waals surface area (Å²) in [5.74, 6) is -0.250. The van der Waals surface area contributed by atoms with Gasteiger partial charge in [0.25, 0.3) is 10.0 Å². The Morgan fingerprint density at radius 3 is 2.32 bits per heavy atom. The number of aliphatic hydroxyl groups is 1. The van der Waals surface area contributed by atoms with Crippen LogP contribution in [0.25, 0.3) is 0 Å². The number of carbonyl (C=O) groups excluding carboxylic acids is 1. The molecule has 8 nitrogen and oxygen atoms in total. The number of nitrogens with zero attached hydrogens (tertiary/aromatic N) is 4. The molecule has 2 heterocycles. The largest absolute Gasteiger partial charge is 0.395 e. The van der Waals surface area contributed by atoms with Crippen LogP contribution in [-0.4, -0.2) is 54.0 Å². The van der Waals surface area contributed by atoms with Crippen LogP contribution in [-0.2, 0) is 21.4 Å². The molecule has 0 saturated heterocycles. The van der Waals surface area contributed by atoms with Crippen LogP contribution in [0.5, 0.6) is 0 Å². The van der Waals surface area contributed by atoms with Gasteiger partial charge in [0.15, 0.2) is 5.03 Å². The Hall–Kier alpha value is -3.30. The molecule has 0 saturated carbocycles. The third-order valence-corrected chi connectivity index (χ3v) is 7.07. The molecule has 34 heavy (non-hydrogen) atoms. The van der Waals surface area contributed by atoms with Crippen molar-refractivity contribution in [3.05, 3.63) is 83.8 Å². The summed E-state index contributed by atoms with van der Waals surface area (Å²) >= 11 is 0. The molecule has 0 unspecified atom stereocenters. The lowest BCUT2D eigenvalue weighted by Crippen LogP contribution is -2.44. The second-order valence-corrected chi connectivity index (χ2v) is 10.1. The number of sulfonamides is 1. The quantitative estimate of drug-likeness (QED) is 0.476. The van der Waals surface area contributed by atoms with Crippen molar-refractivity contribution >= 4 is 21.6 Å². The number of aromatic nitrogens is 2. The molecule has 3 rings (SSSR count). The number of hydrogen-bond donors (Lipinski definition) is 1. The van der Waals surface area contributed by atoms with Crippen molar-refractivity contribution in [1.82, 2.24) is 14.9 Å². The molecule has 1 N–H and O–H groups in total. The lowest BCUT2D eigenvalue weighted by atomic mass is 10.1. The molecule has 0 spiro atoms. The predicted molar refractivity (Wildman–Crippen MR) is 131 cm³/mol. The molecule has 0 atom stereocenters. The summed E-state index contributed by atoms with van der Waals surface area (Å²) in [6.45, 7) is 5.41. The maximum Gasteiger partial charge on any atom is 0.282 e. The van der Waals surface area contributed by atoms with Gasteiger partial charge in [-0.15, -0.1) is 0 Å². The van der Waals surface area contributed by atoms with Crippen molar-refractivity contribution in [1.29, 1.82) is 0 Å². The number of amides is 1. The number of hydrogen-bond acceptors (Lipinski definition) is 6. The molecular weight excluding hydrogens is 452 g/mol. The highest BCUT2D eigenvalue weighted by molar-refractivity contribution is 7.92. The summed E-state index contributed by atoms with van der Waals surface area (Å²) in [7, 11) is -4.13. The minimum atomic E-state index is -4.13. The van der Waals surface area contributed by atoms with Gasteiger partial charge in [0.2, 0.25) is 5.91 Å². The van der Waals surface area contributed by atoms with Crippen molar-refractivity contribution in [2.75, 3.05) is 24.0 Å². The van der Waals surface area contributed by atoms with Gasteiger partial charge in [0, 0.05) is 18.9 Å². The smallest absolute Gasteiger partial charge is 0.282 e. The predicted octanol–water partition coefficient (Wildman–Crippen LogP) is 3.12. The fourth-order valence-electron chi connectivity index (χ4n) is 3.35. The first kappa shape index (κ1) is 25.3. The Morgan fingerprint density at radius 1 is 1.03 bits per heavy atom. The van der Waals surface area contributed by atoms with E-state index in [1.54, 1.807) is 60.9 Å². The Morgan fingerprint density at radius 2 is 1.76 bits per heavy atom. The Bertz CT molecular complexity index is 1180. The number of rotatable bonds is 10. The molecule has 9 heteroatoms. The van der Waals surface area contributed by atoms with Gasteiger partial charge in [-0.05, 0) is 48.7 Å². The fraction of sp³-hybridized carbons (Fsp3) is 0.320. The molecule has 3 aromatic rings. The third-order valence-electron chi connectivity index (χ3n) is 5.38. The molecule has 0 fully saturated rings. The SMILES string of the molecule is Cc1ccc(N(CC(=O)N(CCO)Cc2ccccn2)S(=O)(=O)c2ccc(C(C)C)cn2)cc1. The van der Waals surface area contributed by atoms with E-state index in [4.69, 9.17) is 0 Å². The molecule has 1 aromatic carbocycles. The van der Waals surface area contributed by atoms with Crippen molar-refractivity contribution in [2.45, 2.75) is 38.3 Å². The first-order valence-corrected chi connectivity index (χ1v) is 12.5. The molecule has 0 aliphatic carbocycles. The van der Waals surface area contributed by atoms with Gasteiger partial charge < -0.3 is 10.0 Å². The lowest BCUT2D eigenvalue weighted by Gasteiger charge is -2.28. The number of anilines is 1. The van der Waals surface area contributed by atoms with Crippen LogP contribution in [0.3, 0.4) is 0 Å². The molecular formula is C25H30N4O4S. The van der Waals surface area contributed by atoms with E-state index in [1.165, 1.54) is 11.0 Å². The van der Waals surface area contributed by atoms with Crippen molar-refractivity contribution in [3.8, 4) is 0 Å². The highest BCUT2D eigenvalue weighted by atomic mass is 32.2. The molecule has 1 amide bonds. The number of carbonyl (C=O) groups is 1. The Balaban J connectivity index is 1.95. The van der Waals surface area contributed by atoms with E-state index in [0.717, 1.165) is 15.4 Å². The highest BCUT2D eigenvalue weighted by Gasteiger charge is 2.30. The van der Waals surface area contributed by atoms with Crippen LogP contribution in [0.2, 0.25) is 0 Å². The molecule has 0 aliphatic rings. The minimum absolute atomic E-state index is 0.0541. The first-order valence-electron chi connectivity index (χ1n) is 11.1. The van der Waals surface area contributed by atoms with E-state index in [9.17, 15) is 18.3 Å².